The molecule has 0 atom stereocenters. The van der Waals surface area contributed by atoms with Gasteiger partial charge in [0.25, 0.3) is 5.91 Å². The molecule has 8 nitrogen and oxygen atoms in total. The molecule has 5 aromatic rings. The lowest BCUT2D eigenvalue weighted by atomic mass is 9.81. The number of nitrogens with one attached hydrogen (secondary N) is 1. The summed E-state index contributed by atoms with van der Waals surface area (Å²) in [6.07, 6.45) is 6.09. The van der Waals surface area contributed by atoms with Crippen LogP contribution in [0.2, 0.25) is 0 Å². The van der Waals surface area contributed by atoms with Crippen molar-refractivity contribution in [3.05, 3.63) is 83.7 Å². The van der Waals surface area contributed by atoms with Crippen LogP contribution in [0.4, 0.5) is 0 Å². The second-order valence-corrected chi connectivity index (χ2v) is 11.0. The summed E-state index contributed by atoms with van der Waals surface area (Å²) in [6, 6.07) is 21.6. The fourth-order valence-corrected chi connectivity index (χ4v) is 6.71. The number of benzene rings is 3. The minimum Gasteiger partial charge on any atom is -0.548 e. The van der Waals surface area contributed by atoms with Gasteiger partial charge in [-0.2, -0.15) is 0 Å². The average Bonchev–Trinajstić information content (AvgIpc) is 3.43. The molecule has 3 aromatic carbocycles. The molecule has 7 rings (SSSR count). The molecule has 1 fully saturated rings. The van der Waals surface area contributed by atoms with Gasteiger partial charge in [0.2, 0.25) is 0 Å². The van der Waals surface area contributed by atoms with E-state index < -0.39 is 5.97 Å². The predicted molar refractivity (Wildman–Crippen MR) is 155 cm³/mol. The van der Waals surface area contributed by atoms with Crippen LogP contribution in [0.15, 0.2) is 66.7 Å². The molecule has 2 aliphatic rings. The Morgan fingerprint density at radius 3 is 2.63 bits per heavy atom. The topological polar surface area (TPSA) is 101 Å². The van der Waals surface area contributed by atoms with Gasteiger partial charge in [0.05, 0.1) is 42.3 Å². The zero-order chi connectivity index (χ0) is 27.9. The number of hydrogen-bond donors (Lipinski definition) is 1. The fraction of sp³-hybridized carbons (Fsp3) is 0.303. The number of carboxylic acid groups (broad SMARTS) is 1. The first-order chi connectivity index (χ1) is 20.1. The second-order valence-electron chi connectivity index (χ2n) is 11.0. The molecule has 2 aromatic heterocycles. The Morgan fingerprint density at radius 2 is 1.78 bits per heavy atom. The van der Waals surface area contributed by atoms with E-state index >= 15 is 0 Å². The lowest BCUT2D eigenvalue weighted by molar-refractivity contribution is -0.306. The number of rotatable bonds is 6. The molecule has 208 valence electrons. The monoisotopic (exact) mass is 547 g/mol. The lowest BCUT2D eigenvalue weighted by Gasteiger charge is -2.23. The van der Waals surface area contributed by atoms with Gasteiger partial charge < -0.3 is 29.1 Å². The first kappa shape index (κ1) is 25.4. The minimum absolute atomic E-state index is 0.0969. The molecular weight excluding hydrogens is 516 g/mol. The predicted octanol–water partition coefficient (Wildman–Crippen LogP) is 4.78. The van der Waals surface area contributed by atoms with Gasteiger partial charge in [-0.15, -0.1) is 0 Å². The summed E-state index contributed by atoms with van der Waals surface area (Å²) < 4.78 is 10.1. The Bertz CT molecular complexity index is 1790. The number of aliphatic carboxylic acids is 1. The van der Waals surface area contributed by atoms with E-state index in [1.54, 1.807) is 4.57 Å². The van der Waals surface area contributed by atoms with Crippen LogP contribution in [-0.4, -0.2) is 32.6 Å². The van der Waals surface area contributed by atoms with E-state index in [1.807, 2.05) is 48.5 Å². The number of aromatic nitrogens is 3. The quantitative estimate of drug-likeness (QED) is 0.330. The summed E-state index contributed by atoms with van der Waals surface area (Å²) in [4.78, 5) is 29.4. The zero-order valence-corrected chi connectivity index (χ0v) is 22.8. The highest BCUT2D eigenvalue weighted by molar-refractivity contribution is 6.01. The zero-order valence-electron chi connectivity index (χ0n) is 22.8. The molecule has 41 heavy (non-hydrogen) atoms. The SMILES string of the molecule is O=C([O-])Cn1c(CNC(=O)c2ccc3c(C4CCCCC4)c4n(c3c2)CCOc2ccccc2-4)nc2ccccc21. The first-order valence-corrected chi connectivity index (χ1v) is 14.4. The highest BCUT2D eigenvalue weighted by atomic mass is 16.5. The maximum atomic E-state index is 13.4. The van der Waals surface area contributed by atoms with Crippen LogP contribution in [-0.2, 0) is 24.4 Å². The van der Waals surface area contributed by atoms with Gasteiger partial charge >= 0.3 is 0 Å². The Balaban J connectivity index is 1.26. The van der Waals surface area contributed by atoms with Crippen molar-refractivity contribution in [1.29, 1.82) is 0 Å². The van der Waals surface area contributed by atoms with Gasteiger partial charge in [-0.05, 0) is 60.7 Å². The fourth-order valence-electron chi connectivity index (χ4n) is 6.71. The molecule has 1 aliphatic carbocycles. The van der Waals surface area contributed by atoms with E-state index in [4.69, 9.17) is 4.74 Å². The van der Waals surface area contributed by atoms with Crippen molar-refractivity contribution in [3.8, 4) is 17.0 Å². The number of imidazole rings is 1. The van der Waals surface area contributed by atoms with Gasteiger partial charge in [0, 0.05) is 22.0 Å². The van der Waals surface area contributed by atoms with Crippen molar-refractivity contribution in [1.82, 2.24) is 19.4 Å². The van der Waals surface area contributed by atoms with Crippen molar-refractivity contribution >= 4 is 33.8 Å². The third kappa shape index (κ3) is 4.53. The molecule has 0 unspecified atom stereocenters. The van der Waals surface area contributed by atoms with E-state index in [-0.39, 0.29) is 19.0 Å². The number of carbonyl (C=O) groups is 2. The molecule has 1 saturated carbocycles. The van der Waals surface area contributed by atoms with Crippen molar-refractivity contribution in [3.63, 3.8) is 0 Å². The van der Waals surface area contributed by atoms with E-state index in [0.717, 1.165) is 16.8 Å². The Hall–Kier alpha value is -4.59. The maximum absolute atomic E-state index is 13.4. The Labute approximate surface area is 237 Å². The molecule has 0 saturated heterocycles. The summed E-state index contributed by atoms with van der Waals surface area (Å²) in [5.74, 6) is 0.404. The van der Waals surface area contributed by atoms with E-state index in [1.165, 1.54) is 48.7 Å². The molecule has 1 aliphatic heterocycles. The van der Waals surface area contributed by atoms with Crippen molar-refractivity contribution in [2.75, 3.05) is 6.61 Å². The second kappa shape index (κ2) is 10.4. The highest BCUT2D eigenvalue weighted by Crippen LogP contribution is 2.47. The van der Waals surface area contributed by atoms with Crippen molar-refractivity contribution in [2.45, 2.75) is 57.7 Å². The van der Waals surface area contributed by atoms with Crippen LogP contribution in [0, 0.1) is 0 Å². The third-order valence-corrected chi connectivity index (χ3v) is 8.52. The van der Waals surface area contributed by atoms with Crippen LogP contribution in [0.1, 0.15) is 59.8 Å². The molecule has 3 heterocycles. The minimum atomic E-state index is -1.21. The molecule has 1 amide bonds. The van der Waals surface area contributed by atoms with Gasteiger partial charge in [0.15, 0.2) is 0 Å². The standard InChI is InChI=1S/C33H32N4O4/c38-30(39)20-37-26-12-6-5-11-25(26)35-29(37)19-34-33(40)22-14-15-23-27(18-22)36-16-17-41-28-13-7-4-10-24(28)32(36)31(23)21-8-2-1-3-9-21/h4-7,10-15,18,21H,1-3,8-9,16-17,19-20H2,(H,34,40)(H,38,39)/p-1. The summed E-state index contributed by atoms with van der Waals surface area (Å²) in [6.45, 7) is 1.02. The van der Waals surface area contributed by atoms with Crippen molar-refractivity contribution in [2.24, 2.45) is 0 Å². The van der Waals surface area contributed by atoms with Gasteiger partial charge in [-0.1, -0.05) is 49.6 Å². The Kier molecular flexibility index (Phi) is 6.46. The summed E-state index contributed by atoms with van der Waals surface area (Å²) in [5.41, 5.74) is 6.66. The van der Waals surface area contributed by atoms with Crippen molar-refractivity contribution < 1.29 is 19.4 Å². The largest absolute Gasteiger partial charge is 0.548 e. The number of hydrogen-bond acceptors (Lipinski definition) is 5. The average molecular weight is 548 g/mol. The molecule has 0 spiro atoms. The van der Waals surface area contributed by atoms with Gasteiger partial charge in [-0.25, -0.2) is 4.98 Å². The molecule has 0 bridgehead atoms. The highest BCUT2D eigenvalue weighted by Gasteiger charge is 2.29. The van der Waals surface area contributed by atoms with Crippen LogP contribution in [0.25, 0.3) is 33.2 Å². The van der Waals surface area contributed by atoms with Crippen LogP contribution in [0.3, 0.4) is 0 Å². The number of amides is 1. The molecular formula is C33H31N4O4-. The number of nitrogens with zero attached hydrogens (tertiary/aromatic N) is 3. The summed E-state index contributed by atoms with van der Waals surface area (Å²) in [5, 5.41) is 15.6. The van der Waals surface area contributed by atoms with E-state index in [2.05, 4.69) is 33.1 Å². The number of carboxylic acids is 1. The smallest absolute Gasteiger partial charge is 0.251 e. The molecule has 8 heteroatoms. The first-order valence-electron chi connectivity index (χ1n) is 14.4. The third-order valence-electron chi connectivity index (χ3n) is 8.52. The molecule has 1 N–H and O–H groups in total. The van der Waals surface area contributed by atoms with Crippen LogP contribution in [0.5, 0.6) is 5.75 Å². The molecule has 0 radical (unpaired) electrons. The van der Waals surface area contributed by atoms with E-state index in [9.17, 15) is 14.7 Å². The number of fused-ring (bicyclic) bond motifs is 6. The number of ether oxygens (including phenoxy) is 1. The van der Waals surface area contributed by atoms with Crippen LogP contribution >= 0.6 is 0 Å². The van der Waals surface area contributed by atoms with Gasteiger partial charge in [0.1, 0.15) is 18.2 Å². The Morgan fingerprint density at radius 1 is 0.976 bits per heavy atom. The normalized spacial score (nSPS) is 15.2. The van der Waals surface area contributed by atoms with E-state index in [0.29, 0.717) is 41.5 Å². The van der Waals surface area contributed by atoms with Crippen LogP contribution < -0.4 is 15.2 Å². The number of carbonyl (C=O) groups excluding carboxylic acids is 2. The number of para-hydroxylation sites is 3. The summed E-state index contributed by atoms with van der Waals surface area (Å²) in [7, 11) is 0. The maximum Gasteiger partial charge on any atom is 0.251 e. The van der Waals surface area contributed by atoms with Gasteiger partial charge in [-0.3, -0.25) is 4.79 Å². The lowest BCUT2D eigenvalue weighted by Crippen LogP contribution is -2.30. The summed E-state index contributed by atoms with van der Waals surface area (Å²) >= 11 is 0.